The van der Waals surface area contributed by atoms with Crippen LogP contribution in [-0.2, 0) is 5.41 Å². The molecule has 1 heterocycles. The monoisotopic (exact) mass is 351 g/mol. The molecular formula is C26H25N. The highest BCUT2D eigenvalue weighted by Gasteiger charge is 2.39. The van der Waals surface area contributed by atoms with Gasteiger partial charge in [0.25, 0.3) is 0 Å². The van der Waals surface area contributed by atoms with E-state index in [0.717, 1.165) is 13.1 Å². The quantitative estimate of drug-likeness (QED) is 0.573. The van der Waals surface area contributed by atoms with Crippen LogP contribution in [0.1, 0.15) is 41.1 Å². The maximum Gasteiger partial charge on any atom is 0.0601 e. The van der Waals surface area contributed by atoms with Gasteiger partial charge < -0.3 is 0 Å². The zero-order valence-corrected chi connectivity index (χ0v) is 15.6. The number of fused-ring (bicyclic) bond motifs is 2. The number of allylic oxidation sites excluding steroid dienone is 1. The van der Waals surface area contributed by atoms with E-state index in [2.05, 4.69) is 102 Å². The Labute approximate surface area is 162 Å². The molecule has 0 radical (unpaired) electrons. The molecular weight excluding hydrogens is 326 g/mol. The van der Waals surface area contributed by atoms with Gasteiger partial charge in [-0.1, -0.05) is 97.1 Å². The van der Waals surface area contributed by atoms with Crippen LogP contribution in [0.5, 0.6) is 0 Å². The molecule has 0 aromatic heterocycles. The molecule has 0 saturated carbocycles. The van der Waals surface area contributed by atoms with Gasteiger partial charge in [-0.15, -0.1) is 0 Å². The van der Waals surface area contributed by atoms with E-state index in [0.29, 0.717) is 6.04 Å². The summed E-state index contributed by atoms with van der Waals surface area (Å²) in [4.78, 5) is 2.67. The second-order valence-corrected chi connectivity index (χ2v) is 7.84. The average Bonchev–Trinajstić information content (AvgIpc) is 3.10. The van der Waals surface area contributed by atoms with E-state index in [9.17, 15) is 0 Å². The van der Waals surface area contributed by atoms with Gasteiger partial charge in [0.05, 0.1) is 6.04 Å². The number of likely N-dealkylation sites (tertiary alicyclic amines) is 1. The van der Waals surface area contributed by atoms with Crippen LogP contribution in [0.4, 0.5) is 0 Å². The van der Waals surface area contributed by atoms with E-state index in [1.165, 1.54) is 35.1 Å². The van der Waals surface area contributed by atoms with Gasteiger partial charge in [0.15, 0.2) is 0 Å². The smallest absolute Gasteiger partial charge is 0.0601 e. The van der Waals surface area contributed by atoms with Crippen LogP contribution in [0, 0.1) is 0 Å². The second kappa shape index (κ2) is 6.83. The first-order chi connectivity index (χ1) is 13.4. The van der Waals surface area contributed by atoms with Gasteiger partial charge in [-0.05, 0) is 35.1 Å². The molecule has 1 aliphatic carbocycles. The van der Waals surface area contributed by atoms with E-state index in [-0.39, 0.29) is 5.41 Å². The van der Waals surface area contributed by atoms with Gasteiger partial charge in [-0.3, -0.25) is 4.90 Å². The fourth-order valence-corrected chi connectivity index (χ4v) is 4.94. The zero-order chi connectivity index (χ0) is 18.1. The Balaban J connectivity index is 1.44. The summed E-state index contributed by atoms with van der Waals surface area (Å²) >= 11 is 0. The number of benzene rings is 3. The number of nitrogens with zero attached hydrogens (tertiary/aromatic N) is 1. The van der Waals surface area contributed by atoms with Crippen LogP contribution in [0.15, 0.2) is 91.0 Å². The van der Waals surface area contributed by atoms with Gasteiger partial charge in [0.1, 0.15) is 0 Å². The Kier molecular flexibility index (Phi) is 4.18. The molecule has 0 bridgehead atoms. The van der Waals surface area contributed by atoms with Crippen LogP contribution in [0.2, 0.25) is 0 Å². The first-order valence-corrected chi connectivity index (χ1v) is 9.98. The fraction of sp³-hybridized carbons (Fsp3) is 0.231. The van der Waals surface area contributed by atoms with Crippen molar-refractivity contribution in [2.75, 3.05) is 13.1 Å². The molecule has 0 N–H and O–H groups in total. The Bertz CT molecular complexity index is 895. The molecule has 1 heteroatoms. The molecule has 2 aliphatic rings. The number of hydrogen-bond acceptors (Lipinski definition) is 1. The summed E-state index contributed by atoms with van der Waals surface area (Å²) < 4.78 is 0. The number of piperidine rings is 1. The van der Waals surface area contributed by atoms with E-state index in [1.807, 2.05) is 0 Å². The van der Waals surface area contributed by atoms with Crippen molar-refractivity contribution in [2.45, 2.75) is 24.3 Å². The van der Waals surface area contributed by atoms with E-state index < -0.39 is 0 Å². The third kappa shape index (κ3) is 2.93. The summed E-state index contributed by atoms with van der Waals surface area (Å²) in [5, 5.41) is 0. The van der Waals surface area contributed by atoms with Crippen molar-refractivity contribution in [3.63, 3.8) is 0 Å². The maximum absolute atomic E-state index is 2.67. The normalized spacial score (nSPS) is 18.1. The Morgan fingerprint density at radius 2 is 1.22 bits per heavy atom. The number of rotatable bonds is 3. The molecule has 1 aliphatic heterocycles. The molecule has 5 rings (SSSR count). The van der Waals surface area contributed by atoms with Gasteiger partial charge in [-0.2, -0.15) is 0 Å². The van der Waals surface area contributed by atoms with Crippen LogP contribution >= 0.6 is 0 Å². The highest BCUT2D eigenvalue weighted by atomic mass is 15.2. The molecule has 1 nitrogen and oxygen atoms in total. The van der Waals surface area contributed by atoms with Crippen molar-refractivity contribution in [1.82, 2.24) is 4.90 Å². The van der Waals surface area contributed by atoms with E-state index >= 15 is 0 Å². The van der Waals surface area contributed by atoms with Gasteiger partial charge >= 0.3 is 0 Å². The summed E-state index contributed by atoms with van der Waals surface area (Å²) in [5.74, 6) is 0. The zero-order valence-electron chi connectivity index (χ0n) is 15.6. The van der Waals surface area contributed by atoms with Crippen LogP contribution < -0.4 is 0 Å². The van der Waals surface area contributed by atoms with Crippen LogP contribution in [-0.4, -0.2) is 18.0 Å². The lowest BCUT2D eigenvalue weighted by molar-refractivity contribution is 0.151. The molecule has 1 fully saturated rings. The van der Waals surface area contributed by atoms with Gasteiger partial charge in [0.2, 0.25) is 0 Å². The Morgan fingerprint density at radius 3 is 1.85 bits per heavy atom. The summed E-state index contributed by atoms with van der Waals surface area (Å²) in [6, 6.07) is 31.2. The lowest BCUT2D eigenvalue weighted by Gasteiger charge is -2.43. The summed E-state index contributed by atoms with van der Waals surface area (Å²) in [7, 11) is 0. The lowest BCUT2D eigenvalue weighted by Crippen LogP contribution is -2.43. The summed E-state index contributed by atoms with van der Waals surface area (Å²) in [6.45, 7) is 2.24. The average molecular weight is 351 g/mol. The van der Waals surface area contributed by atoms with Crippen molar-refractivity contribution >= 4 is 6.08 Å². The third-order valence-electron chi connectivity index (χ3n) is 6.37. The van der Waals surface area contributed by atoms with Crippen molar-refractivity contribution in [3.05, 3.63) is 113 Å². The molecule has 3 aromatic rings. The third-order valence-corrected chi connectivity index (χ3v) is 6.37. The minimum atomic E-state index is 0.241. The highest BCUT2D eigenvalue weighted by Crippen LogP contribution is 2.45. The van der Waals surface area contributed by atoms with Gasteiger partial charge in [0, 0.05) is 18.5 Å². The Morgan fingerprint density at radius 1 is 0.667 bits per heavy atom. The highest BCUT2D eigenvalue weighted by molar-refractivity contribution is 5.65. The molecule has 134 valence electrons. The molecule has 1 spiro atoms. The van der Waals surface area contributed by atoms with Crippen molar-refractivity contribution in [1.29, 1.82) is 0 Å². The second-order valence-electron chi connectivity index (χ2n) is 7.84. The molecule has 0 atom stereocenters. The predicted molar refractivity (Wildman–Crippen MR) is 113 cm³/mol. The van der Waals surface area contributed by atoms with Crippen LogP contribution in [0.3, 0.4) is 0 Å². The minimum absolute atomic E-state index is 0.241. The topological polar surface area (TPSA) is 3.24 Å². The first-order valence-electron chi connectivity index (χ1n) is 9.98. The van der Waals surface area contributed by atoms with Crippen molar-refractivity contribution in [3.8, 4) is 0 Å². The predicted octanol–water partition coefficient (Wildman–Crippen LogP) is 5.84. The fourth-order valence-electron chi connectivity index (χ4n) is 4.94. The molecule has 27 heavy (non-hydrogen) atoms. The Hall–Kier alpha value is -2.64. The standard InChI is InChI=1S/C26H25N/c1-3-10-22(11-4-1)25(23-12-5-2-6-13-23)27-19-17-26(18-20-27)16-15-21-9-7-8-14-24(21)26/h1-16,25H,17-20H2. The largest absolute Gasteiger partial charge is 0.292 e. The molecule has 0 unspecified atom stereocenters. The molecule has 3 aromatic carbocycles. The summed E-state index contributed by atoms with van der Waals surface area (Å²) in [6.07, 6.45) is 7.18. The van der Waals surface area contributed by atoms with E-state index in [1.54, 1.807) is 0 Å². The van der Waals surface area contributed by atoms with Crippen molar-refractivity contribution < 1.29 is 0 Å². The summed E-state index contributed by atoms with van der Waals surface area (Å²) in [5.41, 5.74) is 5.96. The van der Waals surface area contributed by atoms with E-state index in [4.69, 9.17) is 0 Å². The SMILES string of the molecule is C1=CC2(CCN(C(c3ccccc3)c3ccccc3)CC2)c2ccccc21. The lowest BCUT2D eigenvalue weighted by atomic mass is 9.74. The number of hydrogen-bond donors (Lipinski definition) is 0. The minimum Gasteiger partial charge on any atom is -0.292 e. The van der Waals surface area contributed by atoms with Crippen LogP contribution in [0.25, 0.3) is 6.08 Å². The molecule has 0 amide bonds. The maximum atomic E-state index is 2.67. The van der Waals surface area contributed by atoms with Gasteiger partial charge in [-0.25, -0.2) is 0 Å². The first kappa shape index (κ1) is 16.5. The molecule has 1 saturated heterocycles. The van der Waals surface area contributed by atoms with Crippen molar-refractivity contribution in [2.24, 2.45) is 0 Å².